The number of thiophene rings is 1. The lowest BCUT2D eigenvalue weighted by molar-refractivity contribution is 0.588. The van der Waals surface area contributed by atoms with Crippen LogP contribution in [0, 0.1) is 0 Å². The number of hydrogen-bond acceptors (Lipinski definition) is 2. The van der Waals surface area contributed by atoms with Crippen LogP contribution in [0.4, 0.5) is 17.1 Å². The highest BCUT2D eigenvalue weighted by atomic mass is 32.1. The summed E-state index contributed by atoms with van der Waals surface area (Å²) in [6, 6.07) is 63.7. The van der Waals surface area contributed by atoms with Crippen molar-refractivity contribution in [2.24, 2.45) is 0 Å². The maximum absolute atomic E-state index is 2.50. The smallest absolute Gasteiger partial charge is 0.0714 e. The van der Waals surface area contributed by atoms with Crippen LogP contribution >= 0.6 is 11.3 Å². The van der Waals surface area contributed by atoms with Gasteiger partial charge < -0.3 is 4.90 Å². The second kappa shape index (κ2) is 15.0. The number of anilines is 3. The summed E-state index contributed by atoms with van der Waals surface area (Å²) in [4.78, 5) is 2.50. The molecule has 0 atom stereocenters. The van der Waals surface area contributed by atoms with Gasteiger partial charge in [-0.05, 0) is 114 Å². The van der Waals surface area contributed by atoms with Crippen LogP contribution < -0.4 is 4.90 Å². The van der Waals surface area contributed by atoms with Crippen LogP contribution in [0.15, 0.2) is 164 Å². The molecule has 2 heteroatoms. The van der Waals surface area contributed by atoms with Crippen LogP contribution in [0.3, 0.4) is 0 Å². The second-order valence-corrected chi connectivity index (χ2v) is 23.7. The van der Waals surface area contributed by atoms with E-state index in [4.69, 9.17) is 0 Å². The first-order valence-electron chi connectivity index (χ1n) is 23.5. The molecule has 9 aromatic rings. The number of hydrogen-bond donors (Lipinski definition) is 0. The van der Waals surface area contributed by atoms with E-state index in [1.807, 2.05) is 11.3 Å². The van der Waals surface area contributed by atoms with Gasteiger partial charge >= 0.3 is 0 Å². The Morgan fingerprint density at radius 3 is 1.34 bits per heavy atom. The Labute approximate surface area is 391 Å². The van der Waals surface area contributed by atoms with Gasteiger partial charge in [-0.25, -0.2) is 0 Å². The second-order valence-electron chi connectivity index (χ2n) is 22.7. The van der Waals surface area contributed by atoms with Crippen LogP contribution in [0.2, 0.25) is 0 Å². The molecule has 1 aliphatic rings. The summed E-state index contributed by atoms with van der Waals surface area (Å²) in [6.45, 7) is 27.6. The minimum absolute atomic E-state index is 0.0227. The third kappa shape index (κ3) is 7.03. The lowest BCUT2D eigenvalue weighted by Crippen LogP contribution is -2.34. The van der Waals surface area contributed by atoms with Crippen molar-refractivity contribution in [3.8, 4) is 11.1 Å². The average molecular weight is 866 g/mol. The molecule has 10 rings (SSSR count). The fourth-order valence-corrected chi connectivity index (χ4v) is 11.8. The van der Waals surface area contributed by atoms with E-state index in [-0.39, 0.29) is 21.7 Å². The number of nitrogens with zero attached hydrogens (tertiary/aromatic N) is 1. The molecule has 0 aliphatic heterocycles. The van der Waals surface area contributed by atoms with E-state index in [1.54, 1.807) is 0 Å². The summed E-state index contributed by atoms with van der Waals surface area (Å²) >= 11 is 1.94. The van der Waals surface area contributed by atoms with Crippen LogP contribution in [0.5, 0.6) is 0 Å². The van der Waals surface area contributed by atoms with Crippen molar-refractivity contribution >= 4 is 59.3 Å². The van der Waals surface area contributed by atoms with E-state index < -0.39 is 5.41 Å². The molecule has 0 fully saturated rings. The zero-order valence-electron chi connectivity index (χ0n) is 40.4. The molecule has 1 nitrogen and oxygen atoms in total. The predicted octanol–water partition coefficient (Wildman–Crippen LogP) is 18.2. The molecule has 326 valence electrons. The minimum Gasteiger partial charge on any atom is -0.310 e. The molecule has 0 spiro atoms. The fraction of sp³-hybridized carbons (Fsp3) is 0.270. The number of fused-ring (bicyclic) bond motifs is 6. The van der Waals surface area contributed by atoms with Gasteiger partial charge in [0.25, 0.3) is 0 Å². The molecule has 0 unspecified atom stereocenters. The number of rotatable bonds is 5. The largest absolute Gasteiger partial charge is 0.310 e. The molecule has 0 bridgehead atoms. The topological polar surface area (TPSA) is 3.24 Å². The third-order valence-electron chi connectivity index (χ3n) is 14.2. The molecule has 0 saturated heterocycles. The maximum atomic E-state index is 2.50. The predicted molar refractivity (Wildman–Crippen MR) is 284 cm³/mol. The Morgan fingerprint density at radius 2 is 0.846 bits per heavy atom. The zero-order chi connectivity index (χ0) is 45.8. The quantitative estimate of drug-likeness (QED) is 0.167. The lowest BCUT2D eigenvalue weighted by Gasteiger charge is -2.43. The van der Waals surface area contributed by atoms with E-state index in [1.165, 1.54) is 92.3 Å². The van der Waals surface area contributed by atoms with Gasteiger partial charge in [-0.1, -0.05) is 210 Å². The summed E-state index contributed by atoms with van der Waals surface area (Å²) in [5.74, 6) is 0. The molecule has 0 amide bonds. The van der Waals surface area contributed by atoms with Crippen molar-refractivity contribution in [2.45, 2.75) is 110 Å². The first-order chi connectivity index (χ1) is 30.8. The molecule has 0 radical (unpaired) electrons. The standard InChI is InChI=1S/C63H63NS/c1-59(2,3)40-20-24-44(25-21-40)63(45-26-22-41(23-27-45)60(4,5)6)52-18-15-17-50-54(39-37-51(56(50)52)57-53(63)38-36-49-48-16-13-14-19-55(48)65-58(49)57)64(46-32-28-42(29-33-46)61(7,8)9)47-34-30-43(31-35-47)62(10,11)12/h13-39H,1-12H3. The maximum Gasteiger partial charge on any atom is 0.0714 e. The molecule has 1 heterocycles. The monoisotopic (exact) mass is 865 g/mol. The molecule has 1 aliphatic carbocycles. The lowest BCUT2D eigenvalue weighted by atomic mass is 9.59. The van der Waals surface area contributed by atoms with Crippen LogP contribution in [0.1, 0.15) is 128 Å². The molecule has 65 heavy (non-hydrogen) atoms. The first-order valence-corrected chi connectivity index (χ1v) is 24.3. The highest BCUT2D eigenvalue weighted by molar-refractivity contribution is 7.26. The van der Waals surface area contributed by atoms with Crippen molar-refractivity contribution in [3.63, 3.8) is 0 Å². The summed E-state index contributed by atoms with van der Waals surface area (Å²) in [5, 5.41) is 5.19. The fourth-order valence-electron chi connectivity index (χ4n) is 10.5. The highest BCUT2D eigenvalue weighted by Crippen LogP contribution is 2.59. The Hall–Kier alpha value is -5.96. The average Bonchev–Trinajstić information content (AvgIpc) is 3.65. The molecular formula is C63H63NS. The van der Waals surface area contributed by atoms with Crippen molar-refractivity contribution in [1.82, 2.24) is 0 Å². The Balaban J connectivity index is 1.35. The van der Waals surface area contributed by atoms with Gasteiger partial charge in [-0.15, -0.1) is 11.3 Å². The number of benzene rings is 8. The third-order valence-corrected chi connectivity index (χ3v) is 15.4. The van der Waals surface area contributed by atoms with Crippen molar-refractivity contribution in [3.05, 3.63) is 208 Å². The van der Waals surface area contributed by atoms with Gasteiger partial charge in [0.1, 0.15) is 0 Å². The van der Waals surface area contributed by atoms with Crippen LogP contribution in [-0.2, 0) is 27.1 Å². The normalized spacial score (nSPS) is 14.0. The molecule has 0 N–H and O–H groups in total. The first kappa shape index (κ1) is 43.0. The van der Waals surface area contributed by atoms with E-state index in [0.717, 1.165) is 11.4 Å². The Kier molecular flexibility index (Phi) is 9.94. The van der Waals surface area contributed by atoms with Gasteiger partial charge in [0.15, 0.2) is 0 Å². The summed E-state index contributed by atoms with van der Waals surface area (Å²) in [6.07, 6.45) is 0. The van der Waals surface area contributed by atoms with Crippen LogP contribution in [0.25, 0.3) is 42.1 Å². The van der Waals surface area contributed by atoms with Crippen molar-refractivity contribution < 1.29 is 0 Å². The highest BCUT2D eigenvalue weighted by Gasteiger charge is 2.46. The molecule has 1 aromatic heterocycles. The minimum atomic E-state index is -0.620. The van der Waals surface area contributed by atoms with Gasteiger partial charge in [-0.2, -0.15) is 0 Å². The molecule has 8 aromatic carbocycles. The summed E-state index contributed by atoms with van der Waals surface area (Å²) in [5.41, 5.74) is 16.2. The van der Waals surface area contributed by atoms with Gasteiger partial charge in [0.05, 0.1) is 11.1 Å². The van der Waals surface area contributed by atoms with Gasteiger partial charge in [0, 0.05) is 42.5 Å². The van der Waals surface area contributed by atoms with Gasteiger partial charge in [0.2, 0.25) is 0 Å². The van der Waals surface area contributed by atoms with E-state index in [0.29, 0.717) is 0 Å². The van der Waals surface area contributed by atoms with E-state index in [2.05, 4.69) is 252 Å². The summed E-state index contributed by atoms with van der Waals surface area (Å²) < 4.78 is 2.67. The Bertz CT molecular complexity index is 3130. The zero-order valence-corrected chi connectivity index (χ0v) is 41.3. The van der Waals surface area contributed by atoms with Crippen molar-refractivity contribution in [2.75, 3.05) is 4.90 Å². The van der Waals surface area contributed by atoms with Gasteiger partial charge in [-0.3, -0.25) is 0 Å². The molecule has 0 saturated carbocycles. The molecular weight excluding hydrogens is 803 g/mol. The van der Waals surface area contributed by atoms with Crippen LogP contribution in [-0.4, -0.2) is 0 Å². The summed E-state index contributed by atoms with van der Waals surface area (Å²) in [7, 11) is 0. The van der Waals surface area contributed by atoms with Crippen molar-refractivity contribution in [1.29, 1.82) is 0 Å². The SMILES string of the molecule is CC(C)(C)c1ccc(N(c2ccc(C(C)(C)C)cc2)c2ccc3c4c(cccc24)C(c2ccc(C(C)(C)C)cc2)(c2ccc(C(C)(C)C)cc2)c2ccc4c(sc5ccccc54)c2-3)cc1. The van der Waals surface area contributed by atoms with E-state index in [9.17, 15) is 0 Å². The Morgan fingerprint density at radius 1 is 0.385 bits per heavy atom. The van der Waals surface area contributed by atoms with E-state index >= 15 is 0 Å².